The molecule has 1 heterocycles. The van der Waals surface area contributed by atoms with Crippen molar-refractivity contribution >= 4 is 0 Å². The van der Waals surface area contributed by atoms with Gasteiger partial charge in [-0.3, -0.25) is 4.98 Å². The van der Waals surface area contributed by atoms with E-state index in [0.717, 1.165) is 17.8 Å². The van der Waals surface area contributed by atoms with Gasteiger partial charge in [0, 0.05) is 11.9 Å². The van der Waals surface area contributed by atoms with Crippen molar-refractivity contribution in [3.63, 3.8) is 0 Å². The van der Waals surface area contributed by atoms with Gasteiger partial charge in [-0.2, -0.15) is 30.9 Å². The third-order valence-corrected chi connectivity index (χ3v) is 2.27. The first-order valence-corrected chi connectivity index (χ1v) is 5.39. The Morgan fingerprint density at radius 3 is 1.96 bits per heavy atom. The molecule has 1 aromatic carbocycles. The van der Waals surface area contributed by atoms with E-state index in [1.807, 2.05) is 24.3 Å². The zero-order valence-corrected chi connectivity index (χ0v) is 14.4. The first-order valence-electron chi connectivity index (χ1n) is 5.39. The van der Waals surface area contributed by atoms with Gasteiger partial charge in [0.15, 0.2) is 0 Å². The van der Waals surface area contributed by atoms with Gasteiger partial charge in [-0.15, -0.1) is 0 Å². The van der Waals surface area contributed by atoms with E-state index in [-0.39, 0.29) is 22.5 Å². The summed E-state index contributed by atoms with van der Waals surface area (Å²) in [5.74, 6) is 0. The second-order valence-corrected chi connectivity index (χ2v) is 3.51. The predicted molar refractivity (Wildman–Crippen MR) is 67.0 cm³/mol. The SMILES string of the molecule is FC(F)(F)c1ccc(Cc2ccc[cH-]2)nc1.[C-]#[O+].[C-]#[O+].[C-]#[O+].[H-].[W+2]. The summed E-state index contributed by atoms with van der Waals surface area (Å²) in [6.07, 6.45) is -2.88. The molecule has 0 saturated carbocycles. The summed E-state index contributed by atoms with van der Waals surface area (Å²) in [7, 11) is 0. The smallest absolute Gasteiger partial charge is 1.00 e. The van der Waals surface area contributed by atoms with E-state index >= 15 is 0 Å². The molecule has 0 N–H and O–H groups in total. The van der Waals surface area contributed by atoms with Crippen molar-refractivity contribution in [1.29, 1.82) is 0 Å². The molecule has 0 fully saturated rings. The molecule has 0 aliphatic carbocycles. The average Bonchev–Trinajstić information content (AvgIpc) is 3.06. The topological polar surface area (TPSA) is 72.6 Å². The second-order valence-electron chi connectivity index (χ2n) is 3.51. The van der Waals surface area contributed by atoms with Crippen LogP contribution >= 0.6 is 0 Å². The van der Waals surface area contributed by atoms with Gasteiger partial charge in [-0.25, -0.2) is 12.1 Å². The summed E-state index contributed by atoms with van der Waals surface area (Å²) in [4.78, 5) is 3.80. The van der Waals surface area contributed by atoms with Crippen LogP contribution in [0.1, 0.15) is 18.2 Å². The van der Waals surface area contributed by atoms with Crippen LogP contribution in [0.2, 0.25) is 0 Å². The monoisotopic (exact) mass is 493 g/mol. The molecule has 2 rings (SSSR count). The van der Waals surface area contributed by atoms with Gasteiger partial charge in [0.25, 0.3) is 0 Å². The summed E-state index contributed by atoms with van der Waals surface area (Å²) in [6.45, 7) is 13.5. The first-order chi connectivity index (χ1) is 10.6. The number of halogens is 3. The van der Waals surface area contributed by atoms with Crippen molar-refractivity contribution in [1.82, 2.24) is 4.98 Å². The van der Waals surface area contributed by atoms with Gasteiger partial charge in [0.1, 0.15) is 0 Å². The van der Waals surface area contributed by atoms with Gasteiger partial charge in [-0.05, 0) is 18.6 Å². The third kappa shape index (κ3) is 10.5. The maximum absolute atomic E-state index is 12.3. The molecule has 23 heavy (non-hydrogen) atoms. The molecule has 0 radical (unpaired) electrons. The Morgan fingerprint density at radius 2 is 1.61 bits per heavy atom. The standard InChI is InChI=1S/C12H9F3N.3CO.W.H/c13-12(14,15)10-5-6-11(16-8-10)7-9-3-1-2-4-9;3*1-2;;/h1-6,8H,7H2;;;;;/q-1;;;;+2;-1. The summed E-state index contributed by atoms with van der Waals surface area (Å²) in [6, 6.07) is 10.1. The van der Waals surface area contributed by atoms with E-state index < -0.39 is 11.7 Å². The summed E-state index contributed by atoms with van der Waals surface area (Å²) >= 11 is 0. The van der Waals surface area contributed by atoms with Gasteiger partial charge in [0.05, 0.1) is 5.56 Å². The molecule has 120 valence electrons. The van der Waals surface area contributed by atoms with E-state index in [9.17, 15) is 13.2 Å². The third-order valence-electron chi connectivity index (χ3n) is 2.27. The summed E-state index contributed by atoms with van der Waals surface area (Å²) in [5.41, 5.74) is 0.977. The Kier molecular flexibility index (Phi) is 17.2. The largest absolute Gasteiger partial charge is 2.00 e. The molecule has 0 amide bonds. The fourth-order valence-electron chi connectivity index (χ4n) is 1.44. The number of nitrogens with zero attached hydrogens (tertiary/aromatic N) is 1. The quantitative estimate of drug-likeness (QED) is 0.467. The van der Waals surface area contributed by atoms with Crippen molar-refractivity contribution < 1.29 is 49.6 Å². The number of hydrogen-bond acceptors (Lipinski definition) is 1. The molecule has 2 aromatic rings. The van der Waals surface area contributed by atoms with Crippen LogP contribution in [0, 0.1) is 20.0 Å². The number of rotatable bonds is 2. The molecular formula is C15H10F3NO3W. The van der Waals surface area contributed by atoms with E-state index in [4.69, 9.17) is 14.0 Å². The second kappa shape index (κ2) is 15.1. The summed E-state index contributed by atoms with van der Waals surface area (Å²) < 4.78 is 59.3. The minimum absolute atomic E-state index is 0. The van der Waals surface area contributed by atoms with Crippen LogP contribution in [0.3, 0.4) is 0 Å². The molecule has 0 bridgehead atoms. The molecular weight excluding hydrogens is 483 g/mol. The van der Waals surface area contributed by atoms with E-state index in [1.54, 1.807) is 0 Å². The molecule has 0 aliphatic heterocycles. The van der Waals surface area contributed by atoms with Crippen molar-refractivity contribution in [3.8, 4) is 0 Å². The van der Waals surface area contributed by atoms with Gasteiger partial charge in [-0.1, -0.05) is 0 Å². The van der Waals surface area contributed by atoms with E-state index in [1.165, 1.54) is 6.07 Å². The molecule has 1 aromatic heterocycles. The number of alkyl halides is 3. The minimum Gasteiger partial charge on any atom is -1.00 e. The van der Waals surface area contributed by atoms with Crippen LogP contribution in [-0.4, -0.2) is 4.98 Å². The average molecular weight is 493 g/mol. The predicted octanol–water partition coefficient (Wildman–Crippen LogP) is 3.41. The Labute approximate surface area is 147 Å². The molecule has 0 saturated heterocycles. The maximum Gasteiger partial charge on any atom is 2.00 e. The fourth-order valence-corrected chi connectivity index (χ4v) is 1.44. The van der Waals surface area contributed by atoms with E-state index in [0.29, 0.717) is 12.1 Å². The zero-order valence-electron chi connectivity index (χ0n) is 12.5. The van der Waals surface area contributed by atoms with Crippen LogP contribution in [0.25, 0.3) is 0 Å². The first kappa shape index (κ1) is 26.1. The van der Waals surface area contributed by atoms with Gasteiger partial charge >= 0.3 is 61.1 Å². The maximum atomic E-state index is 12.3. The van der Waals surface area contributed by atoms with Crippen molar-refractivity contribution in [3.05, 3.63) is 79.4 Å². The summed E-state index contributed by atoms with van der Waals surface area (Å²) in [5, 5.41) is 0. The van der Waals surface area contributed by atoms with Crippen LogP contribution < -0.4 is 0 Å². The van der Waals surface area contributed by atoms with Crippen molar-refractivity contribution in [2.75, 3.05) is 0 Å². The van der Waals surface area contributed by atoms with Gasteiger partial charge < -0.3 is 1.43 Å². The van der Waals surface area contributed by atoms with Crippen LogP contribution in [-0.2, 0) is 47.6 Å². The van der Waals surface area contributed by atoms with Crippen LogP contribution in [0.4, 0.5) is 13.2 Å². The van der Waals surface area contributed by atoms with Crippen LogP contribution in [0.15, 0.2) is 42.6 Å². The molecule has 4 nitrogen and oxygen atoms in total. The number of hydrogen-bond donors (Lipinski definition) is 0. The molecule has 0 aliphatic rings. The molecule has 0 spiro atoms. The Hall–Kier alpha value is -1.80. The normalized spacial score (nSPS) is 8.39. The Balaban J connectivity index is -0.000000226. The fraction of sp³-hybridized carbons (Fsp3) is 0.133. The van der Waals surface area contributed by atoms with Crippen molar-refractivity contribution in [2.24, 2.45) is 0 Å². The van der Waals surface area contributed by atoms with E-state index in [2.05, 4.69) is 24.9 Å². The number of aromatic nitrogens is 1. The zero-order chi connectivity index (χ0) is 17.6. The Bertz CT molecular complexity index is 564. The molecule has 0 unspecified atom stereocenters. The Morgan fingerprint density at radius 1 is 1.04 bits per heavy atom. The van der Waals surface area contributed by atoms with Crippen molar-refractivity contribution in [2.45, 2.75) is 12.6 Å². The van der Waals surface area contributed by atoms with Gasteiger partial charge in [0.2, 0.25) is 0 Å². The number of pyridine rings is 1. The molecule has 8 heteroatoms. The van der Waals surface area contributed by atoms with Crippen LogP contribution in [0.5, 0.6) is 0 Å². The molecule has 0 atom stereocenters. The minimum atomic E-state index is -4.31.